The number of hydrogen-bond donors (Lipinski definition) is 2. The molecule has 0 saturated heterocycles. The van der Waals surface area contributed by atoms with Crippen LogP contribution >= 0.6 is 0 Å². The maximum Gasteiger partial charge on any atom is 0.321 e. The van der Waals surface area contributed by atoms with E-state index in [-0.39, 0.29) is 18.4 Å². The maximum atomic E-state index is 11.7. The van der Waals surface area contributed by atoms with Crippen molar-refractivity contribution < 1.29 is 23.9 Å². The van der Waals surface area contributed by atoms with Gasteiger partial charge < -0.3 is 14.8 Å². The summed E-state index contributed by atoms with van der Waals surface area (Å²) >= 11 is 0. The molecule has 7 heteroatoms. The van der Waals surface area contributed by atoms with Gasteiger partial charge in [0.15, 0.2) is 23.9 Å². The van der Waals surface area contributed by atoms with Crippen LogP contribution in [0, 0.1) is 0 Å². The number of ketones is 1. The Kier molecular flexibility index (Phi) is 7.05. The van der Waals surface area contributed by atoms with Gasteiger partial charge in [-0.2, -0.15) is 0 Å². The van der Waals surface area contributed by atoms with Crippen molar-refractivity contribution in [2.45, 2.75) is 33.2 Å². The highest BCUT2D eigenvalue weighted by Gasteiger charge is 2.13. The van der Waals surface area contributed by atoms with Crippen LogP contribution in [0.3, 0.4) is 0 Å². The van der Waals surface area contributed by atoms with Crippen molar-refractivity contribution in [1.82, 2.24) is 10.6 Å². The van der Waals surface area contributed by atoms with Gasteiger partial charge in [-0.25, -0.2) is 4.79 Å². The first-order valence-electron chi connectivity index (χ1n) is 7.29. The van der Waals surface area contributed by atoms with E-state index in [1.165, 1.54) is 20.1 Å². The van der Waals surface area contributed by atoms with E-state index in [9.17, 15) is 14.4 Å². The average molecular weight is 322 g/mol. The van der Waals surface area contributed by atoms with Gasteiger partial charge in [0.25, 0.3) is 5.91 Å². The molecule has 0 aliphatic rings. The lowest BCUT2D eigenvalue weighted by Gasteiger charge is -2.13. The molecule has 1 rings (SSSR count). The normalized spacial score (nSPS) is 11.3. The molecule has 1 aromatic rings. The van der Waals surface area contributed by atoms with E-state index in [4.69, 9.17) is 9.47 Å². The zero-order chi connectivity index (χ0) is 17.4. The molecule has 0 fully saturated rings. The van der Waals surface area contributed by atoms with Gasteiger partial charge in [-0.1, -0.05) is 6.92 Å². The molecule has 0 aromatic heterocycles. The Morgan fingerprint density at radius 3 is 2.48 bits per heavy atom. The van der Waals surface area contributed by atoms with Crippen LogP contribution in [0.5, 0.6) is 11.5 Å². The van der Waals surface area contributed by atoms with Crippen molar-refractivity contribution in [3.63, 3.8) is 0 Å². The quantitative estimate of drug-likeness (QED) is 0.748. The lowest BCUT2D eigenvalue weighted by atomic mass is 10.1. The second-order valence-corrected chi connectivity index (χ2v) is 5.04. The highest BCUT2D eigenvalue weighted by Crippen LogP contribution is 2.28. The van der Waals surface area contributed by atoms with Crippen molar-refractivity contribution >= 4 is 17.7 Å². The number of nitrogens with one attached hydrogen (secondary N) is 2. The summed E-state index contributed by atoms with van der Waals surface area (Å²) in [4.78, 5) is 34.5. The molecule has 0 spiro atoms. The molecule has 0 aliphatic carbocycles. The molecular formula is C16H22N2O5. The van der Waals surface area contributed by atoms with Gasteiger partial charge in [0.05, 0.1) is 7.11 Å². The summed E-state index contributed by atoms with van der Waals surface area (Å²) in [6.45, 7) is 4.86. The predicted molar refractivity (Wildman–Crippen MR) is 84.9 cm³/mol. The van der Waals surface area contributed by atoms with E-state index < -0.39 is 11.9 Å². The van der Waals surface area contributed by atoms with Crippen LogP contribution in [0.4, 0.5) is 4.79 Å². The minimum Gasteiger partial charge on any atom is -0.493 e. The van der Waals surface area contributed by atoms with Gasteiger partial charge in [-0.05, 0) is 38.5 Å². The van der Waals surface area contributed by atoms with Crippen LogP contribution < -0.4 is 20.1 Å². The van der Waals surface area contributed by atoms with Crippen LogP contribution in [0.15, 0.2) is 18.2 Å². The van der Waals surface area contributed by atoms with E-state index >= 15 is 0 Å². The van der Waals surface area contributed by atoms with Gasteiger partial charge in [0.1, 0.15) is 0 Å². The van der Waals surface area contributed by atoms with Crippen LogP contribution in [0.25, 0.3) is 0 Å². The van der Waals surface area contributed by atoms with Crippen molar-refractivity contribution in [3.05, 3.63) is 23.8 Å². The molecule has 0 radical (unpaired) electrons. The predicted octanol–water partition coefficient (Wildman–Crippen LogP) is 1.90. The maximum absolute atomic E-state index is 11.7. The number of Topliss-reactive ketones (excluding diaryl/α,β-unsaturated/α-hetero) is 1. The zero-order valence-electron chi connectivity index (χ0n) is 13.8. The summed E-state index contributed by atoms with van der Waals surface area (Å²) in [5, 5.41) is 4.79. The zero-order valence-corrected chi connectivity index (χ0v) is 13.8. The van der Waals surface area contributed by atoms with E-state index in [0.29, 0.717) is 17.1 Å². The van der Waals surface area contributed by atoms with Crippen molar-refractivity contribution in [2.75, 3.05) is 13.7 Å². The smallest absolute Gasteiger partial charge is 0.321 e. The third-order valence-electron chi connectivity index (χ3n) is 3.17. The molecule has 0 heterocycles. The number of urea groups is 1. The molecular weight excluding hydrogens is 300 g/mol. The minimum atomic E-state index is -0.580. The minimum absolute atomic E-state index is 0.0251. The number of hydrogen-bond acceptors (Lipinski definition) is 5. The lowest BCUT2D eigenvalue weighted by Crippen LogP contribution is -2.44. The molecule has 3 amide bonds. The highest BCUT2D eigenvalue weighted by atomic mass is 16.5. The van der Waals surface area contributed by atoms with Gasteiger partial charge in [-0.3, -0.25) is 14.9 Å². The van der Waals surface area contributed by atoms with Crippen molar-refractivity contribution in [3.8, 4) is 11.5 Å². The summed E-state index contributed by atoms with van der Waals surface area (Å²) in [5.74, 6) is -0.0256. The monoisotopic (exact) mass is 322 g/mol. The molecule has 0 saturated carbocycles. The molecule has 126 valence electrons. The number of amides is 3. The van der Waals surface area contributed by atoms with Crippen LogP contribution in [-0.4, -0.2) is 37.5 Å². The van der Waals surface area contributed by atoms with E-state index in [1.807, 2.05) is 13.8 Å². The second-order valence-electron chi connectivity index (χ2n) is 5.04. The summed E-state index contributed by atoms with van der Waals surface area (Å²) in [6, 6.07) is 4.07. The van der Waals surface area contributed by atoms with Gasteiger partial charge >= 0.3 is 6.03 Å². The Bertz CT molecular complexity index is 586. The highest BCUT2D eigenvalue weighted by molar-refractivity contribution is 5.95. The molecule has 0 bridgehead atoms. The van der Waals surface area contributed by atoms with E-state index in [0.717, 1.165) is 6.42 Å². The fourth-order valence-electron chi connectivity index (χ4n) is 1.67. The Labute approximate surface area is 135 Å². The summed E-state index contributed by atoms with van der Waals surface area (Å²) < 4.78 is 10.5. The molecule has 0 aliphatic heterocycles. The van der Waals surface area contributed by atoms with Crippen LogP contribution in [0.2, 0.25) is 0 Å². The van der Waals surface area contributed by atoms with E-state index in [1.54, 1.807) is 12.1 Å². The Hall–Kier alpha value is -2.57. The number of benzene rings is 1. The van der Waals surface area contributed by atoms with Gasteiger partial charge in [0.2, 0.25) is 0 Å². The number of carbonyl (C=O) groups is 3. The first-order chi connectivity index (χ1) is 10.9. The number of ether oxygens (including phenoxy) is 2. The van der Waals surface area contributed by atoms with Crippen molar-refractivity contribution in [2.24, 2.45) is 0 Å². The number of imide groups is 1. The third-order valence-corrected chi connectivity index (χ3v) is 3.17. The van der Waals surface area contributed by atoms with Crippen molar-refractivity contribution in [1.29, 1.82) is 0 Å². The fourth-order valence-corrected chi connectivity index (χ4v) is 1.67. The Morgan fingerprint density at radius 2 is 1.91 bits per heavy atom. The largest absolute Gasteiger partial charge is 0.493 e. The number of carbonyl (C=O) groups excluding carboxylic acids is 3. The molecule has 1 atom stereocenters. The third kappa shape index (κ3) is 5.98. The van der Waals surface area contributed by atoms with Crippen LogP contribution in [0.1, 0.15) is 37.6 Å². The molecule has 23 heavy (non-hydrogen) atoms. The van der Waals surface area contributed by atoms with Gasteiger partial charge in [0, 0.05) is 11.6 Å². The fraction of sp³-hybridized carbons (Fsp3) is 0.438. The first kappa shape index (κ1) is 18.5. The summed E-state index contributed by atoms with van der Waals surface area (Å²) in [6.07, 6.45) is 0.762. The molecule has 2 N–H and O–H groups in total. The Morgan fingerprint density at radius 1 is 1.22 bits per heavy atom. The molecule has 0 unspecified atom stereocenters. The Balaban J connectivity index is 2.59. The first-order valence-corrected chi connectivity index (χ1v) is 7.29. The lowest BCUT2D eigenvalue weighted by molar-refractivity contribution is -0.122. The number of rotatable bonds is 7. The standard InChI is InChI=1S/C16H22N2O5/c1-5-10(2)17-16(21)18-15(20)9-23-13-7-6-12(11(3)19)8-14(13)22-4/h6-8,10H,5,9H2,1-4H3,(H2,17,18,20,21)/t10-/m0/s1. The summed E-state index contributed by atoms with van der Waals surface area (Å²) in [7, 11) is 1.44. The average Bonchev–Trinajstić information content (AvgIpc) is 2.52. The topological polar surface area (TPSA) is 93.7 Å². The van der Waals surface area contributed by atoms with Gasteiger partial charge in [-0.15, -0.1) is 0 Å². The molecule has 1 aromatic carbocycles. The SMILES string of the molecule is CC[C@H](C)NC(=O)NC(=O)COc1ccc(C(C)=O)cc1OC. The van der Waals surface area contributed by atoms with Crippen LogP contribution in [-0.2, 0) is 4.79 Å². The molecule has 7 nitrogen and oxygen atoms in total. The second kappa shape index (κ2) is 8.77. The number of methoxy groups -OCH3 is 1. The van der Waals surface area contributed by atoms with E-state index in [2.05, 4.69) is 10.6 Å². The summed E-state index contributed by atoms with van der Waals surface area (Å²) in [5.41, 5.74) is 0.478.